The molecule has 10 nitrogen and oxygen atoms in total. The zero-order valence-corrected chi connectivity index (χ0v) is 16.1. The van der Waals surface area contributed by atoms with Crippen molar-refractivity contribution in [2.24, 2.45) is 0 Å². The highest BCUT2D eigenvalue weighted by Crippen LogP contribution is 2.81. The van der Waals surface area contributed by atoms with Crippen molar-refractivity contribution in [2.45, 2.75) is 57.3 Å². The van der Waals surface area contributed by atoms with Gasteiger partial charge in [0.05, 0.1) is 0 Å². The third-order valence-electron chi connectivity index (χ3n) is 5.15. The summed E-state index contributed by atoms with van der Waals surface area (Å²) in [5.41, 5.74) is 0.283. The van der Waals surface area contributed by atoms with Gasteiger partial charge >= 0.3 is 15.6 Å². The molecule has 0 N–H and O–H groups in total. The number of phosphoric ester groups is 2. The third-order valence-corrected chi connectivity index (χ3v) is 7.53. The highest BCUT2D eigenvalue weighted by atomic mass is 31.2. The van der Waals surface area contributed by atoms with Crippen molar-refractivity contribution >= 4 is 15.6 Å². The summed E-state index contributed by atoms with van der Waals surface area (Å²) in [6, 6.07) is 0. The van der Waals surface area contributed by atoms with Crippen LogP contribution in [0.5, 0.6) is 28.7 Å². The van der Waals surface area contributed by atoms with Gasteiger partial charge in [-0.05, 0) is 6.42 Å². The number of epoxide rings is 1. The molecule has 1 saturated heterocycles. The molecule has 1 spiro atoms. The number of fused-ring (bicyclic) bond motifs is 2. The molecule has 6 aliphatic heterocycles. The van der Waals surface area contributed by atoms with Gasteiger partial charge in [0.2, 0.25) is 28.8 Å². The largest absolute Gasteiger partial charge is 0.647 e. The molecule has 1 fully saturated rings. The number of hydrogen-bond donors (Lipinski definition) is 0. The van der Waals surface area contributed by atoms with Crippen molar-refractivity contribution < 1.29 is 46.0 Å². The summed E-state index contributed by atoms with van der Waals surface area (Å²) in [4.78, 5) is 5.18. The molecule has 27 heavy (non-hydrogen) atoms. The normalized spacial score (nSPS) is 37.9. The molecule has 6 aliphatic rings. The standard InChI is InChI=1S/C15H16O10P2/c1-2-3-4-5-6-7-8-15(18-8)9-10-12(23-27(17,24-15)25-19-10)14-13-11(9)20-26(16,21-13)22-14/h8H,2-7H2,1H3. The molecule has 146 valence electrons. The number of rotatable bonds is 6. The number of benzene rings is 1. The molecule has 0 aromatic heterocycles. The molecule has 7 rings (SSSR count). The lowest BCUT2D eigenvalue weighted by Crippen LogP contribution is -2.16. The van der Waals surface area contributed by atoms with Gasteiger partial charge < -0.3 is 27.7 Å². The van der Waals surface area contributed by atoms with Gasteiger partial charge in [0.1, 0.15) is 11.7 Å². The van der Waals surface area contributed by atoms with Crippen LogP contribution < -0.4 is 23.0 Å². The van der Waals surface area contributed by atoms with Crippen LogP contribution in [0, 0.1) is 0 Å². The molecule has 6 heterocycles. The Labute approximate surface area is 154 Å². The lowest BCUT2D eigenvalue weighted by atomic mass is 9.99. The van der Waals surface area contributed by atoms with Crippen LogP contribution in [0.2, 0.25) is 0 Å². The van der Waals surface area contributed by atoms with Gasteiger partial charge in [0.15, 0.2) is 5.75 Å². The first-order chi connectivity index (χ1) is 13.0. The fraction of sp³-hybridized carbons (Fsp3) is 0.600. The van der Waals surface area contributed by atoms with Crippen LogP contribution in [0.3, 0.4) is 0 Å². The van der Waals surface area contributed by atoms with Crippen LogP contribution in [0.25, 0.3) is 0 Å². The van der Waals surface area contributed by atoms with E-state index in [-0.39, 0.29) is 40.4 Å². The second-order valence-electron chi connectivity index (χ2n) is 7.01. The molecule has 0 amide bonds. The molecule has 0 saturated carbocycles. The maximum Gasteiger partial charge on any atom is 0.647 e. The van der Waals surface area contributed by atoms with Gasteiger partial charge in [0.25, 0.3) is 0 Å². The van der Waals surface area contributed by atoms with Crippen LogP contribution >= 0.6 is 15.6 Å². The maximum absolute atomic E-state index is 12.9. The highest BCUT2D eigenvalue weighted by molar-refractivity contribution is 7.50. The molecule has 1 aromatic rings. The summed E-state index contributed by atoms with van der Waals surface area (Å²) in [7, 11) is -7.92. The molecule has 1 aromatic carbocycles. The second-order valence-corrected chi connectivity index (χ2v) is 9.86. The van der Waals surface area contributed by atoms with E-state index in [1.54, 1.807) is 0 Å². The van der Waals surface area contributed by atoms with E-state index in [9.17, 15) is 9.13 Å². The first kappa shape index (κ1) is 16.5. The minimum atomic E-state index is -4.12. The zero-order chi connectivity index (χ0) is 18.4. The quantitative estimate of drug-likeness (QED) is 0.279. The van der Waals surface area contributed by atoms with Crippen molar-refractivity contribution in [3.05, 3.63) is 5.56 Å². The van der Waals surface area contributed by atoms with Gasteiger partial charge in [-0.15, -0.1) is 0 Å². The fourth-order valence-electron chi connectivity index (χ4n) is 3.88. The molecule has 0 radical (unpaired) electrons. The van der Waals surface area contributed by atoms with E-state index in [2.05, 4.69) is 6.92 Å². The first-order valence-electron chi connectivity index (χ1n) is 8.95. The first-order valence-corrected chi connectivity index (χ1v) is 11.9. The van der Waals surface area contributed by atoms with Gasteiger partial charge in [0, 0.05) is 0 Å². The Hall–Kier alpha value is -1.44. The molecular weight excluding hydrogens is 402 g/mol. The Morgan fingerprint density at radius 2 is 1.52 bits per heavy atom. The van der Waals surface area contributed by atoms with E-state index in [0.717, 1.165) is 25.7 Å². The van der Waals surface area contributed by atoms with Crippen molar-refractivity contribution in [1.82, 2.24) is 0 Å². The second kappa shape index (κ2) is 5.13. The monoisotopic (exact) mass is 418 g/mol. The zero-order valence-electron chi connectivity index (χ0n) is 14.3. The number of unbranched alkanes of at least 4 members (excludes halogenated alkanes) is 4. The van der Waals surface area contributed by atoms with E-state index in [1.165, 1.54) is 6.42 Å². The lowest BCUT2D eigenvalue weighted by molar-refractivity contribution is -0.137. The summed E-state index contributed by atoms with van der Waals surface area (Å²) in [6.07, 6.45) is 5.76. The predicted molar refractivity (Wildman–Crippen MR) is 86.9 cm³/mol. The summed E-state index contributed by atoms with van der Waals surface area (Å²) >= 11 is 0. The van der Waals surface area contributed by atoms with Crippen molar-refractivity contribution in [3.63, 3.8) is 0 Å². The van der Waals surface area contributed by atoms with Crippen molar-refractivity contribution in [1.29, 1.82) is 0 Å². The average Bonchev–Trinajstić information content (AvgIpc) is 3.07. The van der Waals surface area contributed by atoms with Crippen molar-refractivity contribution in [3.8, 4) is 28.7 Å². The molecule has 4 unspecified atom stereocenters. The van der Waals surface area contributed by atoms with Gasteiger partial charge in [-0.25, -0.2) is 9.09 Å². The average molecular weight is 418 g/mol. The van der Waals surface area contributed by atoms with E-state index >= 15 is 0 Å². The van der Waals surface area contributed by atoms with Crippen LogP contribution in [0.4, 0.5) is 0 Å². The van der Waals surface area contributed by atoms with Crippen molar-refractivity contribution in [2.75, 3.05) is 0 Å². The molecule has 0 aliphatic carbocycles. The molecule has 4 atom stereocenters. The summed E-state index contributed by atoms with van der Waals surface area (Å²) in [5, 5.41) is 0. The Kier molecular flexibility index (Phi) is 3.14. The Balaban J connectivity index is 1.39. The smallest absolute Gasteiger partial charge is 0.394 e. The summed E-state index contributed by atoms with van der Waals surface area (Å²) in [6.45, 7) is 2.16. The van der Waals surface area contributed by atoms with Gasteiger partial charge in [-0.2, -0.15) is 4.57 Å². The number of hydrogen-bond acceptors (Lipinski definition) is 10. The minimum absolute atomic E-state index is 0.0132. The number of phosphoric acid groups is 2. The summed E-state index contributed by atoms with van der Waals surface area (Å²) in [5.74, 6) is -1.10. The van der Waals surface area contributed by atoms with E-state index in [4.69, 9.17) is 36.9 Å². The molecule has 6 bridgehead atoms. The van der Waals surface area contributed by atoms with E-state index in [1.807, 2.05) is 0 Å². The lowest BCUT2D eigenvalue weighted by Gasteiger charge is -2.21. The predicted octanol–water partition coefficient (Wildman–Crippen LogP) is 4.71. The van der Waals surface area contributed by atoms with Crippen LogP contribution in [0.1, 0.15) is 51.0 Å². The van der Waals surface area contributed by atoms with Crippen LogP contribution in [-0.2, 0) is 28.9 Å². The Morgan fingerprint density at radius 3 is 2.33 bits per heavy atom. The van der Waals surface area contributed by atoms with E-state index in [0.29, 0.717) is 6.42 Å². The van der Waals surface area contributed by atoms with Gasteiger partial charge in [-0.1, -0.05) is 43.7 Å². The number of ether oxygens (including phenoxy) is 1. The molecular formula is C15H16O10P2. The van der Waals surface area contributed by atoms with Crippen LogP contribution in [-0.4, -0.2) is 6.10 Å². The van der Waals surface area contributed by atoms with Crippen LogP contribution in [0.15, 0.2) is 0 Å². The maximum atomic E-state index is 12.9. The topological polar surface area (TPSA) is 111 Å². The third kappa shape index (κ3) is 2.13. The summed E-state index contributed by atoms with van der Waals surface area (Å²) < 4.78 is 62.8. The van der Waals surface area contributed by atoms with Gasteiger partial charge in [-0.3, -0.25) is 0 Å². The van der Waals surface area contributed by atoms with E-state index < -0.39 is 21.4 Å². The highest BCUT2D eigenvalue weighted by Gasteiger charge is 2.73. The fourth-order valence-corrected chi connectivity index (χ4v) is 6.40. The minimum Gasteiger partial charge on any atom is -0.394 e. The Morgan fingerprint density at radius 1 is 0.852 bits per heavy atom. The SMILES string of the molecule is CCCCCCCC1OC12OP1(=O)OOc3c(c4c5c(c32)OP(=O)(O4)O5)O1. The Bertz CT molecular complexity index is 961. The molecule has 12 heteroatoms.